The molecular weight excluding hydrogens is 262 g/mol. The Morgan fingerprint density at radius 1 is 1.48 bits per heavy atom. The van der Waals surface area contributed by atoms with Crippen LogP contribution in [-0.2, 0) is 0 Å². The largest absolute Gasteiger partial charge is 0.321 e. The highest BCUT2D eigenvalue weighted by molar-refractivity contribution is 5.84. The van der Waals surface area contributed by atoms with E-state index in [4.69, 9.17) is 5.73 Å². The van der Waals surface area contributed by atoms with Crippen molar-refractivity contribution >= 4 is 10.9 Å². The lowest BCUT2D eigenvalue weighted by molar-refractivity contribution is 0.558. The van der Waals surface area contributed by atoms with Gasteiger partial charge in [-0.3, -0.25) is 9.36 Å². The molecular formula is C17H19N3O. The van der Waals surface area contributed by atoms with Crippen molar-refractivity contribution in [3.8, 4) is 11.8 Å². The third-order valence-electron chi connectivity index (χ3n) is 3.90. The lowest BCUT2D eigenvalue weighted by atomic mass is 10.1. The average molecular weight is 281 g/mol. The minimum Gasteiger partial charge on any atom is -0.321 e. The number of nitrogens with zero attached hydrogens (tertiary/aromatic N) is 2. The lowest BCUT2D eigenvalue weighted by Gasteiger charge is -2.17. The van der Waals surface area contributed by atoms with Gasteiger partial charge in [0.05, 0.1) is 16.9 Å². The fourth-order valence-electron chi connectivity index (χ4n) is 2.63. The highest BCUT2D eigenvalue weighted by Crippen LogP contribution is 2.36. The average Bonchev–Trinajstić information content (AvgIpc) is 3.31. The van der Waals surface area contributed by atoms with Crippen LogP contribution in [0.15, 0.2) is 23.0 Å². The Balaban J connectivity index is 2.38. The number of fused-ring (bicyclic) bond motifs is 1. The van der Waals surface area contributed by atoms with Gasteiger partial charge in [0.1, 0.15) is 5.82 Å². The third kappa shape index (κ3) is 2.34. The quantitative estimate of drug-likeness (QED) is 0.879. The Morgan fingerprint density at radius 2 is 2.24 bits per heavy atom. The molecule has 0 bridgehead atoms. The van der Waals surface area contributed by atoms with E-state index in [1.54, 1.807) is 11.5 Å². The first kappa shape index (κ1) is 13.8. The van der Waals surface area contributed by atoms with E-state index in [1.165, 1.54) is 0 Å². The van der Waals surface area contributed by atoms with Crippen molar-refractivity contribution in [3.63, 3.8) is 0 Å². The molecule has 108 valence electrons. The van der Waals surface area contributed by atoms with Crippen LogP contribution in [0.5, 0.6) is 0 Å². The standard InChI is InChI=1S/C17H19N3O/c1-3-6-11-7-5-8-14-15(11)17(21)20(12-9-10-12)16(19-14)13(18)4-2/h5,7-8,12-13H,4,9-10,18H2,1-2H3. The van der Waals surface area contributed by atoms with Gasteiger partial charge in [0.2, 0.25) is 0 Å². The summed E-state index contributed by atoms with van der Waals surface area (Å²) in [4.78, 5) is 17.6. The molecule has 1 unspecified atom stereocenters. The maximum atomic E-state index is 12.9. The van der Waals surface area contributed by atoms with E-state index in [1.807, 2.05) is 25.1 Å². The highest BCUT2D eigenvalue weighted by Gasteiger charge is 2.30. The van der Waals surface area contributed by atoms with Crippen molar-refractivity contribution in [1.82, 2.24) is 9.55 Å². The van der Waals surface area contributed by atoms with E-state index in [0.29, 0.717) is 16.7 Å². The second-order valence-corrected chi connectivity index (χ2v) is 5.47. The number of hydrogen-bond acceptors (Lipinski definition) is 3. The molecule has 0 amide bonds. The zero-order valence-corrected chi connectivity index (χ0v) is 12.4. The van der Waals surface area contributed by atoms with Crippen LogP contribution in [0.1, 0.15) is 56.6 Å². The van der Waals surface area contributed by atoms with Crippen molar-refractivity contribution in [1.29, 1.82) is 0 Å². The van der Waals surface area contributed by atoms with Crippen LogP contribution in [-0.4, -0.2) is 9.55 Å². The summed E-state index contributed by atoms with van der Waals surface area (Å²) in [5.41, 5.74) is 7.61. The molecule has 1 aromatic carbocycles. The molecule has 4 heteroatoms. The predicted molar refractivity (Wildman–Crippen MR) is 84.0 cm³/mol. The topological polar surface area (TPSA) is 60.9 Å². The zero-order valence-electron chi connectivity index (χ0n) is 12.4. The minimum absolute atomic E-state index is 0.000231. The molecule has 1 aliphatic carbocycles. The van der Waals surface area contributed by atoms with E-state index >= 15 is 0 Å². The van der Waals surface area contributed by atoms with E-state index in [0.717, 1.165) is 24.8 Å². The highest BCUT2D eigenvalue weighted by atomic mass is 16.1. The second-order valence-electron chi connectivity index (χ2n) is 5.47. The number of aromatic nitrogens is 2. The van der Waals surface area contributed by atoms with Gasteiger partial charge in [-0.15, -0.1) is 5.92 Å². The van der Waals surface area contributed by atoms with Crippen LogP contribution in [0.25, 0.3) is 10.9 Å². The first-order valence-electron chi connectivity index (χ1n) is 7.40. The molecule has 1 fully saturated rings. The SMILES string of the molecule is CC#Cc1cccc2nc(C(N)CC)n(C3CC3)c(=O)c12. The minimum atomic E-state index is -0.205. The summed E-state index contributed by atoms with van der Waals surface area (Å²) in [6.45, 7) is 3.78. The maximum Gasteiger partial charge on any atom is 0.262 e. The summed E-state index contributed by atoms with van der Waals surface area (Å²) in [6.07, 6.45) is 2.81. The third-order valence-corrected chi connectivity index (χ3v) is 3.90. The van der Waals surface area contributed by atoms with Crippen LogP contribution < -0.4 is 11.3 Å². The van der Waals surface area contributed by atoms with Gasteiger partial charge < -0.3 is 5.73 Å². The summed E-state index contributed by atoms with van der Waals surface area (Å²) in [6, 6.07) is 5.67. The van der Waals surface area contributed by atoms with Crippen molar-refractivity contribution in [2.75, 3.05) is 0 Å². The Morgan fingerprint density at radius 3 is 2.86 bits per heavy atom. The summed E-state index contributed by atoms with van der Waals surface area (Å²) in [7, 11) is 0. The molecule has 21 heavy (non-hydrogen) atoms. The molecule has 0 saturated heterocycles. The summed E-state index contributed by atoms with van der Waals surface area (Å²) in [5, 5.41) is 0.616. The Hall–Kier alpha value is -2.12. The van der Waals surface area contributed by atoms with Crippen molar-refractivity contribution < 1.29 is 0 Å². The van der Waals surface area contributed by atoms with Crippen molar-refractivity contribution in [2.45, 2.75) is 45.2 Å². The van der Waals surface area contributed by atoms with Gasteiger partial charge in [-0.05, 0) is 38.3 Å². The van der Waals surface area contributed by atoms with E-state index in [9.17, 15) is 4.79 Å². The van der Waals surface area contributed by atoms with Gasteiger partial charge >= 0.3 is 0 Å². The lowest BCUT2D eigenvalue weighted by Crippen LogP contribution is -2.29. The van der Waals surface area contributed by atoms with Crippen molar-refractivity contribution in [3.05, 3.63) is 39.9 Å². The Labute approximate surface area is 124 Å². The molecule has 1 heterocycles. The first-order chi connectivity index (χ1) is 10.2. The van der Waals surface area contributed by atoms with E-state index in [-0.39, 0.29) is 17.6 Å². The Bertz CT molecular complexity index is 806. The predicted octanol–water partition coefficient (Wildman–Crippen LogP) is 2.51. The summed E-state index contributed by atoms with van der Waals surface area (Å²) in [5.74, 6) is 6.58. The zero-order chi connectivity index (χ0) is 15.0. The smallest absolute Gasteiger partial charge is 0.262 e. The molecule has 1 aromatic heterocycles. The monoisotopic (exact) mass is 281 g/mol. The van der Waals surface area contributed by atoms with Gasteiger partial charge in [-0.2, -0.15) is 0 Å². The molecule has 0 radical (unpaired) electrons. The second kappa shape index (κ2) is 5.34. The van der Waals surface area contributed by atoms with Crippen molar-refractivity contribution in [2.24, 2.45) is 5.73 Å². The van der Waals surface area contributed by atoms with Gasteiger partial charge in [0.25, 0.3) is 5.56 Å². The normalized spacial score (nSPS) is 15.6. The molecule has 2 aromatic rings. The van der Waals surface area contributed by atoms with Gasteiger partial charge in [-0.25, -0.2) is 4.98 Å². The molecule has 4 nitrogen and oxygen atoms in total. The number of nitrogens with two attached hydrogens (primary N) is 1. The Kier molecular flexibility index (Phi) is 3.52. The molecule has 1 atom stereocenters. The number of hydrogen-bond donors (Lipinski definition) is 1. The van der Waals surface area contributed by atoms with Crippen LogP contribution in [0.2, 0.25) is 0 Å². The van der Waals surface area contributed by atoms with Crippen LogP contribution in [0, 0.1) is 11.8 Å². The van der Waals surface area contributed by atoms with Crippen LogP contribution in [0.3, 0.4) is 0 Å². The van der Waals surface area contributed by atoms with Crippen LogP contribution in [0.4, 0.5) is 0 Å². The fraction of sp³-hybridized carbons (Fsp3) is 0.412. The van der Waals surface area contributed by atoms with E-state index in [2.05, 4.69) is 16.8 Å². The molecule has 0 spiro atoms. The molecule has 1 saturated carbocycles. The van der Waals surface area contributed by atoms with Gasteiger partial charge in [0.15, 0.2) is 0 Å². The molecule has 2 N–H and O–H groups in total. The molecule has 0 aliphatic heterocycles. The number of rotatable bonds is 3. The molecule has 3 rings (SSSR count). The van der Waals surface area contributed by atoms with Crippen LogP contribution >= 0.6 is 0 Å². The number of benzene rings is 1. The molecule has 1 aliphatic rings. The summed E-state index contributed by atoms with van der Waals surface area (Å²) < 4.78 is 1.80. The summed E-state index contributed by atoms with van der Waals surface area (Å²) >= 11 is 0. The fourth-order valence-corrected chi connectivity index (χ4v) is 2.63. The van der Waals surface area contributed by atoms with Gasteiger partial charge in [0, 0.05) is 11.6 Å². The van der Waals surface area contributed by atoms with E-state index < -0.39 is 0 Å². The van der Waals surface area contributed by atoms with Gasteiger partial charge in [-0.1, -0.05) is 18.9 Å². The maximum absolute atomic E-state index is 12.9. The first-order valence-corrected chi connectivity index (χ1v) is 7.40.